The molecule has 0 radical (unpaired) electrons. The molecular weight excluding hydrogens is 300 g/mol. The van der Waals surface area contributed by atoms with Crippen LogP contribution in [0.15, 0.2) is 30.3 Å². The van der Waals surface area contributed by atoms with E-state index in [2.05, 4.69) is 5.32 Å². The maximum atomic E-state index is 13.4. The molecule has 3 rings (SSSR count). The van der Waals surface area contributed by atoms with Crippen LogP contribution in [0.3, 0.4) is 0 Å². The van der Waals surface area contributed by atoms with Gasteiger partial charge in [-0.1, -0.05) is 63.4 Å². The summed E-state index contributed by atoms with van der Waals surface area (Å²) in [5, 5.41) is 3.13. The number of hydrogen-bond donors (Lipinski definition) is 1. The van der Waals surface area contributed by atoms with Crippen molar-refractivity contribution in [2.75, 3.05) is 0 Å². The molecule has 1 saturated carbocycles. The summed E-state index contributed by atoms with van der Waals surface area (Å²) in [6.45, 7) is 4.50. The van der Waals surface area contributed by atoms with E-state index >= 15 is 0 Å². The quantitative estimate of drug-likeness (QED) is 0.921. The molecule has 1 spiro atoms. The lowest BCUT2D eigenvalue weighted by Gasteiger charge is -2.54. The Morgan fingerprint density at radius 3 is 2.21 bits per heavy atom. The molecule has 24 heavy (non-hydrogen) atoms. The average Bonchev–Trinajstić information content (AvgIpc) is 2.64. The number of piperazine rings is 1. The van der Waals surface area contributed by atoms with E-state index in [1.807, 2.05) is 49.1 Å². The molecule has 4 heteroatoms. The number of hydrogen-bond acceptors (Lipinski definition) is 2. The van der Waals surface area contributed by atoms with E-state index in [1.165, 1.54) is 0 Å². The number of amides is 2. The minimum Gasteiger partial charge on any atom is -0.340 e. The van der Waals surface area contributed by atoms with E-state index in [9.17, 15) is 9.59 Å². The molecule has 1 aromatic rings. The Labute approximate surface area is 144 Å². The van der Waals surface area contributed by atoms with Crippen LogP contribution in [0.2, 0.25) is 0 Å². The lowest BCUT2D eigenvalue weighted by molar-refractivity contribution is -0.167. The number of benzene rings is 1. The van der Waals surface area contributed by atoms with Gasteiger partial charge in [0, 0.05) is 6.54 Å². The molecular formula is C20H28N2O2. The monoisotopic (exact) mass is 328 g/mol. The first kappa shape index (κ1) is 17.0. The Morgan fingerprint density at radius 2 is 1.62 bits per heavy atom. The molecule has 1 saturated heterocycles. The molecule has 1 N–H and O–H groups in total. The van der Waals surface area contributed by atoms with Gasteiger partial charge in [-0.2, -0.15) is 0 Å². The second kappa shape index (κ2) is 6.58. The second-order valence-corrected chi connectivity index (χ2v) is 7.21. The van der Waals surface area contributed by atoms with Crippen molar-refractivity contribution in [3.05, 3.63) is 35.9 Å². The van der Waals surface area contributed by atoms with Gasteiger partial charge in [-0.15, -0.1) is 0 Å². The van der Waals surface area contributed by atoms with Crippen molar-refractivity contribution < 1.29 is 9.59 Å². The van der Waals surface area contributed by atoms with Gasteiger partial charge >= 0.3 is 0 Å². The minimum absolute atomic E-state index is 0.0569. The first-order valence-corrected chi connectivity index (χ1v) is 9.26. The summed E-state index contributed by atoms with van der Waals surface area (Å²) in [5.41, 5.74) is -0.306. The molecule has 2 fully saturated rings. The van der Waals surface area contributed by atoms with Gasteiger partial charge in [0.2, 0.25) is 11.8 Å². The SMILES string of the molecule is CCC1(CC)NC(=O)C2(CCCCC2)N(Cc2ccccc2)C1=O. The molecule has 2 amide bonds. The standard InChI is InChI=1S/C20H28N2O2/c1-3-19(4-2)18(24)22(15-16-11-7-5-8-12-16)20(17(23)21-19)13-9-6-10-14-20/h5,7-8,11-12H,3-4,6,9-10,13-15H2,1-2H3,(H,21,23). The van der Waals surface area contributed by atoms with E-state index in [-0.39, 0.29) is 11.8 Å². The molecule has 0 atom stereocenters. The first-order chi connectivity index (χ1) is 11.6. The van der Waals surface area contributed by atoms with Crippen molar-refractivity contribution in [1.82, 2.24) is 10.2 Å². The Hall–Kier alpha value is -1.84. The summed E-state index contributed by atoms with van der Waals surface area (Å²) in [6.07, 6.45) is 6.00. The highest BCUT2D eigenvalue weighted by atomic mass is 16.2. The van der Waals surface area contributed by atoms with Gasteiger partial charge in [-0.3, -0.25) is 9.59 Å². The molecule has 130 valence electrons. The van der Waals surface area contributed by atoms with E-state index in [1.54, 1.807) is 0 Å². The minimum atomic E-state index is -0.742. The average molecular weight is 328 g/mol. The molecule has 1 aromatic carbocycles. The van der Waals surface area contributed by atoms with Crippen molar-refractivity contribution in [2.24, 2.45) is 0 Å². The number of carbonyl (C=O) groups excluding carboxylic acids is 2. The number of rotatable bonds is 4. The third-order valence-corrected chi connectivity index (χ3v) is 6.02. The normalized spacial score (nSPS) is 22.5. The van der Waals surface area contributed by atoms with Crippen molar-refractivity contribution in [2.45, 2.75) is 76.4 Å². The Balaban J connectivity index is 2.01. The van der Waals surface area contributed by atoms with Crippen LogP contribution in [0, 0.1) is 0 Å². The fourth-order valence-electron chi connectivity index (χ4n) is 4.31. The van der Waals surface area contributed by atoms with Gasteiger partial charge in [0.05, 0.1) is 0 Å². The molecule has 0 aromatic heterocycles. The highest BCUT2D eigenvalue weighted by Gasteiger charge is 2.57. The van der Waals surface area contributed by atoms with Crippen molar-refractivity contribution in [3.8, 4) is 0 Å². The zero-order chi connectivity index (χ0) is 17.2. The molecule has 0 unspecified atom stereocenters. The number of carbonyl (C=O) groups is 2. The summed E-state index contributed by atoms with van der Waals surface area (Å²) in [6, 6.07) is 10.0. The van der Waals surface area contributed by atoms with E-state index in [0.29, 0.717) is 19.4 Å². The Morgan fingerprint density at radius 1 is 1.00 bits per heavy atom. The van der Waals surface area contributed by atoms with Crippen LogP contribution in [0.25, 0.3) is 0 Å². The third kappa shape index (κ3) is 2.62. The van der Waals surface area contributed by atoms with Gasteiger partial charge in [-0.05, 0) is 31.2 Å². The third-order valence-electron chi connectivity index (χ3n) is 6.02. The summed E-state index contributed by atoms with van der Waals surface area (Å²) in [7, 11) is 0. The summed E-state index contributed by atoms with van der Waals surface area (Å²) in [4.78, 5) is 28.5. The molecule has 0 bridgehead atoms. The number of nitrogens with one attached hydrogen (secondary N) is 1. The summed E-state index contributed by atoms with van der Waals surface area (Å²) < 4.78 is 0. The van der Waals surface area contributed by atoms with Crippen LogP contribution in [-0.2, 0) is 16.1 Å². The maximum absolute atomic E-state index is 13.4. The van der Waals surface area contributed by atoms with Crippen LogP contribution < -0.4 is 5.32 Å². The van der Waals surface area contributed by atoms with Crippen molar-refractivity contribution >= 4 is 11.8 Å². The highest BCUT2D eigenvalue weighted by Crippen LogP contribution is 2.40. The zero-order valence-electron chi connectivity index (χ0n) is 14.8. The topological polar surface area (TPSA) is 49.4 Å². The fourth-order valence-corrected chi connectivity index (χ4v) is 4.31. The van der Waals surface area contributed by atoms with Crippen molar-refractivity contribution in [3.63, 3.8) is 0 Å². The van der Waals surface area contributed by atoms with Gasteiger partial charge in [0.1, 0.15) is 11.1 Å². The van der Waals surface area contributed by atoms with Crippen LogP contribution >= 0.6 is 0 Å². The number of nitrogens with zero attached hydrogens (tertiary/aromatic N) is 1. The Bertz CT molecular complexity index is 601. The van der Waals surface area contributed by atoms with E-state index in [4.69, 9.17) is 0 Å². The lowest BCUT2D eigenvalue weighted by Crippen LogP contribution is -2.75. The highest BCUT2D eigenvalue weighted by molar-refractivity contribution is 6.02. The molecule has 1 aliphatic carbocycles. The van der Waals surface area contributed by atoms with Crippen LogP contribution in [0.5, 0.6) is 0 Å². The predicted octanol–water partition coefficient (Wildman–Crippen LogP) is 3.41. The first-order valence-electron chi connectivity index (χ1n) is 9.26. The van der Waals surface area contributed by atoms with Gasteiger partial charge in [-0.25, -0.2) is 0 Å². The van der Waals surface area contributed by atoms with Crippen molar-refractivity contribution in [1.29, 1.82) is 0 Å². The maximum Gasteiger partial charge on any atom is 0.249 e. The second-order valence-electron chi connectivity index (χ2n) is 7.21. The van der Waals surface area contributed by atoms with Crippen LogP contribution in [0.1, 0.15) is 64.4 Å². The molecule has 1 heterocycles. The Kier molecular flexibility index (Phi) is 4.66. The summed E-state index contributed by atoms with van der Waals surface area (Å²) in [5.74, 6) is 0.152. The van der Waals surface area contributed by atoms with Gasteiger partial charge < -0.3 is 10.2 Å². The smallest absolute Gasteiger partial charge is 0.249 e. The fraction of sp³-hybridized carbons (Fsp3) is 0.600. The summed E-state index contributed by atoms with van der Waals surface area (Å²) >= 11 is 0. The van der Waals surface area contributed by atoms with E-state index in [0.717, 1.165) is 37.7 Å². The molecule has 1 aliphatic heterocycles. The predicted molar refractivity (Wildman–Crippen MR) is 94.3 cm³/mol. The lowest BCUT2D eigenvalue weighted by atomic mass is 9.74. The zero-order valence-corrected chi connectivity index (χ0v) is 14.8. The molecule has 2 aliphatic rings. The molecule has 4 nitrogen and oxygen atoms in total. The van der Waals surface area contributed by atoms with E-state index < -0.39 is 11.1 Å². The van der Waals surface area contributed by atoms with Crippen LogP contribution in [0.4, 0.5) is 0 Å². The largest absolute Gasteiger partial charge is 0.340 e. The van der Waals surface area contributed by atoms with Gasteiger partial charge in [0.15, 0.2) is 0 Å². The van der Waals surface area contributed by atoms with Gasteiger partial charge in [0.25, 0.3) is 0 Å². The van der Waals surface area contributed by atoms with Crippen LogP contribution in [-0.4, -0.2) is 27.8 Å².